The summed E-state index contributed by atoms with van der Waals surface area (Å²) in [5.41, 5.74) is 1.27. The van der Waals surface area contributed by atoms with E-state index in [1.165, 1.54) is 18.5 Å². The van der Waals surface area contributed by atoms with Crippen LogP contribution in [0.2, 0.25) is 5.02 Å². The van der Waals surface area contributed by atoms with E-state index in [4.69, 9.17) is 11.6 Å². The van der Waals surface area contributed by atoms with E-state index in [2.05, 4.69) is 24.1 Å². The standard InChI is InChI=1S/C10H12ClN/c1-12(10-6-7-10)9-4-2-8(11)3-5-9/h2-5,10H,6-7H2,1H3. The normalized spacial score (nSPS) is 16.2. The Morgan fingerprint density at radius 1 is 1.25 bits per heavy atom. The van der Waals surface area contributed by atoms with Crippen LogP contribution >= 0.6 is 11.6 Å². The van der Waals surface area contributed by atoms with Gasteiger partial charge < -0.3 is 4.90 Å². The van der Waals surface area contributed by atoms with Crippen molar-refractivity contribution in [3.8, 4) is 0 Å². The fourth-order valence-electron chi connectivity index (χ4n) is 1.35. The Kier molecular flexibility index (Phi) is 1.97. The van der Waals surface area contributed by atoms with Crippen LogP contribution < -0.4 is 4.90 Å². The molecule has 2 heteroatoms. The van der Waals surface area contributed by atoms with E-state index in [1.54, 1.807) is 0 Å². The minimum Gasteiger partial charge on any atom is -0.372 e. The van der Waals surface area contributed by atoms with Gasteiger partial charge in [0.05, 0.1) is 0 Å². The highest BCUT2D eigenvalue weighted by molar-refractivity contribution is 6.30. The van der Waals surface area contributed by atoms with Gasteiger partial charge in [-0.3, -0.25) is 0 Å². The number of nitrogens with zero attached hydrogens (tertiary/aromatic N) is 1. The summed E-state index contributed by atoms with van der Waals surface area (Å²) >= 11 is 5.79. The van der Waals surface area contributed by atoms with Crippen molar-refractivity contribution in [2.45, 2.75) is 18.9 Å². The van der Waals surface area contributed by atoms with E-state index in [1.807, 2.05) is 12.1 Å². The number of rotatable bonds is 2. The Labute approximate surface area is 77.9 Å². The van der Waals surface area contributed by atoms with Crippen LogP contribution in [-0.4, -0.2) is 13.1 Å². The molecule has 2 rings (SSSR count). The Hall–Kier alpha value is -0.690. The highest BCUT2D eigenvalue weighted by atomic mass is 35.5. The first-order valence-corrected chi connectivity index (χ1v) is 4.63. The molecule has 0 atom stereocenters. The van der Waals surface area contributed by atoms with Crippen LogP contribution in [-0.2, 0) is 0 Å². The van der Waals surface area contributed by atoms with E-state index in [0.717, 1.165) is 11.1 Å². The first-order valence-electron chi connectivity index (χ1n) is 4.26. The Morgan fingerprint density at radius 3 is 2.33 bits per heavy atom. The summed E-state index contributed by atoms with van der Waals surface area (Å²) in [5.74, 6) is 0. The van der Waals surface area contributed by atoms with Gasteiger partial charge in [0.1, 0.15) is 0 Å². The molecule has 1 nitrogen and oxygen atoms in total. The van der Waals surface area contributed by atoms with Crippen LogP contribution in [0.5, 0.6) is 0 Å². The number of benzene rings is 1. The lowest BCUT2D eigenvalue weighted by Gasteiger charge is -2.18. The Balaban J connectivity index is 2.16. The summed E-state index contributed by atoms with van der Waals surface area (Å²) in [6.45, 7) is 0. The second-order valence-corrected chi connectivity index (χ2v) is 3.75. The van der Waals surface area contributed by atoms with E-state index >= 15 is 0 Å². The van der Waals surface area contributed by atoms with E-state index in [-0.39, 0.29) is 0 Å². The number of halogens is 1. The lowest BCUT2D eigenvalue weighted by molar-refractivity contribution is 0.917. The van der Waals surface area contributed by atoms with Gasteiger partial charge in [-0.1, -0.05) is 11.6 Å². The summed E-state index contributed by atoms with van der Waals surface area (Å²) in [6, 6.07) is 8.79. The third-order valence-corrected chi connectivity index (χ3v) is 2.58. The van der Waals surface area contributed by atoms with E-state index in [9.17, 15) is 0 Å². The monoisotopic (exact) mass is 181 g/mol. The summed E-state index contributed by atoms with van der Waals surface area (Å²) in [5, 5.41) is 0.808. The lowest BCUT2D eigenvalue weighted by atomic mass is 10.3. The molecular formula is C10H12ClN. The predicted molar refractivity (Wildman–Crippen MR) is 52.9 cm³/mol. The second-order valence-electron chi connectivity index (χ2n) is 3.32. The largest absolute Gasteiger partial charge is 0.372 e. The van der Waals surface area contributed by atoms with Crippen molar-refractivity contribution in [1.82, 2.24) is 0 Å². The molecule has 1 saturated carbocycles. The second kappa shape index (κ2) is 2.98. The van der Waals surface area contributed by atoms with Crippen LogP contribution in [0.3, 0.4) is 0 Å². The molecule has 0 spiro atoms. The molecule has 0 aliphatic heterocycles. The number of hydrogen-bond donors (Lipinski definition) is 0. The zero-order chi connectivity index (χ0) is 8.55. The molecule has 0 amide bonds. The third kappa shape index (κ3) is 1.56. The molecule has 64 valence electrons. The lowest BCUT2D eigenvalue weighted by Crippen LogP contribution is -2.18. The molecule has 1 fully saturated rings. The van der Waals surface area contributed by atoms with Gasteiger partial charge in [0.15, 0.2) is 0 Å². The number of hydrogen-bond acceptors (Lipinski definition) is 1. The third-order valence-electron chi connectivity index (χ3n) is 2.33. The van der Waals surface area contributed by atoms with Crippen molar-refractivity contribution in [2.75, 3.05) is 11.9 Å². The fraction of sp³-hybridized carbons (Fsp3) is 0.400. The highest BCUT2D eigenvalue weighted by Gasteiger charge is 2.26. The van der Waals surface area contributed by atoms with Crippen LogP contribution in [0.15, 0.2) is 24.3 Å². The smallest absolute Gasteiger partial charge is 0.0407 e. The highest BCUT2D eigenvalue weighted by Crippen LogP contribution is 2.30. The molecule has 1 aromatic carbocycles. The molecule has 0 N–H and O–H groups in total. The zero-order valence-corrected chi connectivity index (χ0v) is 7.88. The maximum absolute atomic E-state index is 5.79. The van der Waals surface area contributed by atoms with Gasteiger partial charge in [0.25, 0.3) is 0 Å². The average Bonchev–Trinajstić information content (AvgIpc) is 2.87. The fourth-order valence-corrected chi connectivity index (χ4v) is 1.47. The van der Waals surface area contributed by atoms with Crippen molar-refractivity contribution in [3.05, 3.63) is 29.3 Å². The molecular weight excluding hydrogens is 170 g/mol. The topological polar surface area (TPSA) is 3.24 Å². The van der Waals surface area contributed by atoms with Crippen LogP contribution in [0.25, 0.3) is 0 Å². The Morgan fingerprint density at radius 2 is 1.83 bits per heavy atom. The zero-order valence-electron chi connectivity index (χ0n) is 7.13. The molecule has 1 aliphatic carbocycles. The average molecular weight is 182 g/mol. The Bertz CT molecular complexity index is 264. The van der Waals surface area contributed by atoms with Crippen molar-refractivity contribution < 1.29 is 0 Å². The minimum atomic E-state index is 0.770. The molecule has 0 heterocycles. The van der Waals surface area contributed by atoms with Gasteiger partial charge in [0.2, 0.25) is 0 Å². The molecule has 0 saturated heterocycles. The van der Waals surface area contributed by atoms with Gasteiger partial charge in [-0.25, -0.2) is 0 Å². The van der Waals surface area contributed by atoms with E-state index < -0.39 is 0 Å². The molecule has 1 aliphatic rings. The summed E-state index contributed by atoms with van der Waals surface area (Å²) in [4.78, 5) is 2.32. The van der Waals surface area contributed by atoms with Crippen molar-refractivity contribution in [1.29, 1.82) is 0 Å². The van der Waals surface area contributed by atoms with Crippen molar-refractivity contribution in [2.24, 2.45) is 0 Å². The van der Waals surface area contributed by atoms with E-state index in [0.29, 0.717) is 0 Å². The summed E-state index contributed by atoms with van der Waals surface area (Å²) in [7, 11) is 2.14. The molecule has 0 bridgehead atoms. The van der Waals surface area contributed by atoms with Crippen LogP contribution in [0.1, 0.15) is 12.8 Å². The van der Waals surface area contributed by atoms with Crippen molar-refractivity contribution >= 4 is 17.3 Å². The van der Waals surface area contributed by atoms with Gasteiger partial charge in [-0.05, 0) is 37.1 Å². The first kappa shape index (κ1) is 7.93. The maximum Gasteiger partial charge on any atom is 0.0407 e. The molecule has 0 aromatic heterocycles. The quantitative estimate of drug-likeness (QED) is 0.678. The van der Waals surface area contributed by atoms with Gasteiger partial charge in [0, 0.05) is 23.8 Å². The SMILES string of the molecule is CN(c1ccc(Cl)cc1)C1CC1. The van der Waals surface area contributed by atoms with Crippen molar-refractivity contribution in [3.63, 3.8) is 0 Å². The van der Waals surface area contributed by atoms with Gasteiger partial charge >= 0.3 is 0 Å². The van der Waals surface area contributed by atoms with Crippen LogP contribution in [0, 0.1) is 0 Å². The molecule has 0 unspecified atom stereocenters. The van der Waals surface area contributed by atoms with Gasteiger partial charge in [-0.2, -0.15) is 0 Å². The van der Waals surface area contributed by atoms with Crippen LogP contribution in [0.4, 0.5) is 5.69 Å². The minimum absolute atomic E-state index is 0.770. The van der Waals surface area contributed by atoms with Gasteiger partial charge in [-0.15, -0.1) is 0 Å². The maximum atomic E-state index is 5.79. The summed E-state index contributed by atoms with van der Waals surface area (Å²) in [6.07, 6.45) is 2.66. The predicted octanol–water partition coefficient (Wildman–Crippen LogP) is 2.94. The number of anilines is 1. The molecule has 0 radical (unpaired) electrons. The molecule has 1 aromatic rings. The summed E-state index contributed by atoms with van der Waals surface area (Å²) < 4.78 is 0. The molecule has 12 heavy (non-hydrogen) atoms. The first-order chi connectivity index (χ1) is 5.77.